The molecule has 0 saturated carbocycles. The molecule has 0 amide bonds. The van der Waals surface area contributed by atoms with Crippen LogP contribution in [0.1, 0.15) is 0 Å². The van der Waals surface area contributed by atoms with Gasteiger partial charge in [-0.25, -0.2) is 8.42 Å². The maximum absolute atomic E-state index is 10.3. The predicted molar refractivity (Wildman–Crippen MR) is 51.0 cm³/mol. The SMILES string of the molecule is O=S(=O)([O-])CC1CSC(=S)S1.[Na+]. The molecule has 0 aromatic heterocycles. The third kappa shape index (κ3) is 5.43. The molecule has 0 aromatic carbocycles. The maximum Gasteiger partial charge on any atom is 1.00 e. The van der Waals surface area contributed by atoms with E-state index in [-0.39, 0.29) is 40.6 Å². The fourth-order valence-electron chi connectivity index (χ4n) is 0.675. The Bertz CT molecular complexity index is 261. The molecule has 0 radical (unpaired) electrons. The molecule has 64 valence electrons. The summed E-state index contributed by atoms with van der Waals surface area (Å²) in [5.74, 6) is 0.343. The third-order valence-corrected chi connectivity index (χ3v) is 5.22. The van der Waals surface area contributed by atoms with Crippen LogP contribution in [0.25, 0.3) is 0 Å². The molecule has 1 unspecified atom stereocenters. The summed E-state index contributed by atoms with van der Waals surface area (Å²) in [6.45, 7) is 0. The quantitative estimate of drug-likeness (QED) is 0.312. The summed E-state index contributed by atoms with van der Waals surface area (Å²) >= 11 is 7.56. The molecule has 1 atom stereocenters. The van der Waals surface area contributed by atoms with Crippen LogP contribution in [0.5, 0.6) is 0 Å². The Kier molecular flexibility index (Phi) is 6.34. The summed E-state index contributed by atoms with van der Waals surface area (Å²) < 4.78 is 31.6. The van der Waals surface area contributed by atoms with Crippen molar-refractivity contribution in [2.75, 3.05) is 11.5 Å². The van der Waals surface area contributed by atoms with Gasteiger partial charge in [-0.3, -0.25) is 0 Å². The van der Waals surface area contributed by atoms with Gasteiger partial charge in [0, 0.05) is 11.0 Å². The molecule has 1 aliphatic rings. The van der Waals surface area contributed by atoms with Crippen molar-refractivity contribution in [3.63, 3.8) is 0 Å². The van der Waals surface area contributed by atoms with Gasteiger partial charge in [0.15, 0.2) is 0 Å². The van der Waals surface area contributed by atoms with E-state index in [1.807, 2.05) is 0 Å². The van der Waals surface area contributed by atoms with Crippen LogP contribution in [0.15, 0.2) is 0 Å². The van der Waals surface area contributed by atoms with E-state index in [1.165, 1.54) is 23.5 Å². The smallest absolute Gasteiger partial charge is 0.748 e. The van der Waals surface area contributed by atoms with E-state index in [2.05, 4.69) is 0 Å². The van der Waals surface area contributed by atoms with Crippen molar-refractivity contribution >= 4 is 49.4 Å². The molecular weight excluding hydrogens is 247 g/mol. The van der Waals surface area contributed by atoms with Crippen LogP contribution in [0.4, 0.5) is 0 Å². The monoisotopic (exact) mass is 252 g/mol. The summed E-state index contributed by atoms with van der Waals surface area (Å²) in [5, 5.41) is -0.130. The van der Waals surface area contributed by atoms with Crippen molar-refractivity contribution < 1.29 is 42.5 Å². The first-order valence-electron chi connectivity index (χ1n) is 2.74. The average molecular weight is 252 g/mol. The topological polar surface area (TPSA) is 57.2 Å². The Hall–Kier alpha value is 1.70. The molecule has 1 saturated heterocycles. The third-order valence-electron chi connectivity index (χ3n) is 1.04. The number of hydrogen-bond donors (Lipinski definition) is 0. The van der Waals surface area contributed by atoms with Gasteiger partial charge in [0.1, 0.15) is 3.53 Å². The van der Waals surface area contributed by atoms with E-state index >= 15 is 0 Å². The second kappa shape index (κ2) is 5.55. The summed E-state index contributed by atoms with van der Waals surface area (Å²) in [4.78, 5) is 0. The fourth-order valence-corrected chi connectivity index (χ4v) is 4.85. The summed E-state index contributed by atoms with van der Waals surface area (Å²) in [5.41, 5.74) is 0. The van der Waals surface area contributed by atoms with Crippen molar-refractivity contribution in [3.05, 3.63) is 0 Å². The van der Waals surface area contributed by atoms with Gasteiger partial charge in [0.2, 0.25) is 0 Å². The Morgan fingerprint density at radius 1 is 1.67 bits per heavy atom. The Labute approximate surface area is 107 Å². The van der Waals surface area contributed by atoms with E-state index in [0.29, 0.717) is 5.75 Å². The van der Waals surface area contributed by atoms with Gasteiger partial charge in [-0.15, -0.1) is 23.5 Å². The minimum Gasteiger partial charge on any atom is -0.748 e. The second-order valence-electron chi connectivity index (χ2n) is 2.03. The summed E-state index contributed by atoms with van der Waals surface area (Å²) in [7, 11) is -4.07. The molecule has 1 aliphatic heterocycles. The molecular formula is C4H5NaO3S4. The molecule has 0 spiro atoms. The zero-order chi connectivity index (χ0) is 8.48. The van der Waals surface area contributed by atoms with Crippen LogP contribution >= 0.6 is 35.7 Å². The summed E-state index contributed by atoms with van der Waals surface area (Å²) in [6, 6.07) is 0. The zero-order valence-electron chi connectivity index (χ0n) is 6.35. The number of hydrogen-bond acceptors (Lipinski definition) is 6. The number of thiocarbonyl (C=S) groups is 1. The Balaban J connectivity index is 0.00000121. The van der Waals surface area contributed by atoms with Crippen LogP contribution in [-0.4, -0.2) is 33.3 Å². The Morgan fingerprint density at radius 3 is 2.58 bits per heavy atom. The van der Waals surface area contributed by atoms with Gasteiger partial charge >= 0.3 is 29.6 Å². The normalized spacial score (nSPS) is 23.8. The second-order valence-corrected chi connectivity index (χ2v) is 7.00. The molecule has 0 N–H and O–H groups in total. The van der Waals surface area contributed by atoms with Crippen LogP contribution < -0.4 is 29.6 Å². The van der Waals surface area contributed by atoms with Crippen molar-refractivity contribution in [3.8, 4) is 0 Å². The first-order valence-corrected chi connectivity index (χ1v) is 6.59. The fraction of sp³-hybridized carbons (Fsp3) is 0.750. The first kappa shape index (κ1) is 13.7. The molecule has 0 bridgehead atoms. The van der Waals surface area contributed by atoms with Crippen LogP contribution in [0.2, 0.25) is 0 Å². The minimum atomic E-state index is -4.07. The van der Waals surface area contributed by atoms with E-state index in [0.717, 1.165) is 3.53 Å². The molecule has 3 nitrogen and oxygen atoms in total. The van der Waals surface area contributed by atoms with Gasteiger partial charge in [0.25, 0.3) is 0 Å². The van der Waals surface area contributed by atoms with Gasteiger partial charge in [-0.05, 0) is 0 Å². The predicted octanol–water partition coefficient (Wildman–Crippen LogP) is -2.33. The molecule has 12 heavy (non-hydrogen) atoms. The van der Waals surface area contributed by atoms with Crippen molar-refractivity contribution in [2.45, 2.75) is 5.25 Å². The van der Waals surface area contributed by atoms with Gasteiger partial charge in [-0.2, -0.15) is 0 Å². The molecule has 8 heteroatoms. The average Bonchev–Trinajstić information content (AvgIpc) is 2.10. The molecule has 0 aliphatic carbocycles. The standard InChI is InChI=1S/C4H6O3S4.Na/c5-11(6,7)2-3-1-9-4(8)10-3;/h3H,1-2H2,(H,5,6,7);/q;+1/p-1. The van der Waals surface area contributed by atoms with E-state index in [1.54, 1.807) is 0 Å². The minimum absolute atomic E-state index is 0. The summed E-state index contributed by atoms with van der Waals surface area (Å²) in [6.07, 6.45) is 0. The van der Waals surface area contributed by atoms with Crippen molar-refractivity contribution in [2.24, 2.45) is 0 Å². The van der Waals surface area contributed by atoms with Gasteiger partial charge in [-0.1, -0.05) is 12.2 Å². The maximum atomic E-state index is 10.3. The van der Waals surface area contributed by atoms with Crippen LogP contribution in [0.3, 0.4) is 0 Å². The molecule has 1 rings (SSSR count). The molecule has 1 fully saturated rings. The Morgan fingerprint density at radius 2 is 2.25 bits per heavy atom. The first-order chi connectivity index (χ1) is 4.97. The van der Waals surface area contributed by atoms with Crippen LogP contribution in [-0.2, 0) is 10.1 Å². The van der Waals surface area contributed by atoms with E-state index in [9.17, 15) is 13.0 Å². The van der Waals surface area contributed by atoms with Crippen molar-refractivity contribution in [1.29, 1.82) is 0 Å². The number of thioether (sulfide) groups is 2. The molecule has 1 heterocycles. The zero-order valence-corrected chi connectivity index (χ0v) is 11.6. The van der Waals surface area contributed by atoms with Gasteiger partial charge < -0.3 is 4.55 Å². The van der Waals surface area contributed by atoms with E-state index in [4.69, 9.17) is 12.2 Å². The van der Waals surface area contributed by atoms with E-state index < -0.39 is 10.1 Å². The van der Waals surface area contributed by atoms with Crippen LogP contribution in [0, 0.1) is 0 Å². The molecule has 0 aromatic rings. The van der Waals surface area contributed by atoms with Crippen molar-refractivity contribution in [1.82, 2.24) is 0 Å². The van der Waals surface area contributed by atoms with Gasteiger partial charge in [0.05, 0.1) is 15.9 Å². The largest absolute Gasteiger partial charge is 1.00 e. The number of rotatable bonds is 2.